The molecule has 0 saturated carbocycles. The minimum absolute atomic E-state index is 0.0246. The van der Waals surface area contributed by atoms with Crippen LogP contribution in [-0.4, -0.2) is 32.3 Å². The first-order valence-electron chi connectivity index (χ1n) is 5.64. The van der Waals surface area contributed by atoms with Gasteiger partial charge in [-0.25, -0.2) is 10.8 Å². The Labute approximate surface area is 109 Å². The van der Waals surface area contributed by atoms with Crippen molar-refractivity contribution in [3.8, 4) is 0 Å². The molecule has 8 heteroatoms. The molecule has 0 saturated heterocycles. The van der Waals surface area contributed by atoms with Crippen molar-refractivity contribution >= 4 is 11.6 Å². The molecule has 0 aromatic carbocycles. The molecular formula is C11H17F3N4O. The summed E-state index contributed by atoms with van der Waals surface area (Å²) in [6.07, 6.45) is -3.74. The lowest BCUT2D eigenvalue weighted by molar-refractivity contribution is -0.137. The van der Waals surface area contributed by atoms with Crippen molar-refractivity contribution < 1.29 is 17.9 Å². The minimum Gasteiger partial charge on any atom is -0.385 e. The molecule has 0 aliphatic carbocycles. The summed E-state index contributed by atoms with van der Waals surface area (Å²) in [4.78, 5) is 5.61. The Bertz CT molecular complexity index is 411. The minimum atomic E-state index is -4.43. The van der Waals surface area contributed by atoms with Crippen LogP contribution >= 0.6 is 0 Å². The summed E-state index contributed by atoms with van der Waals surface area (Å²) in [5.74, 6) is 5.32. The van der Waals surface area contributed by atoms with E-state index in [9.17, 15) is 13.2 Å². The molecule has 1 aromatic heterocycles. The maximum atomic E-state index is 12.7. The van der Waals surface area contributed by atoms with Crippen molar-refractivity contribution in [2.24, 2.45) is 5.84 Å². The van der Waals surface area contributed by atoms with Gasteiger partial charge < -0.3 is 15.1 Å². The Hall–Kier alpha value is -1.54. The predicted octanol–water partition coefficient (Wildman–Crippen LogP) is 1.86. The van der Waals surface area contributed by atoms with E-state index in [0.29, 0.717) is 19.6 Å². The van der Waals surface area contributed by atoms with E-state index in [0.717, 1.165) is 12.1 Å². The highest BCUT2D eigenvalue weighted by molar-refractivity contribution is 5.50. The average molecular weight is 278 g/mol. The molecule has 108 valence electrons. The topological polar surface area (TPSA) is 63.4 Å². The SMILES string of the molecule is COCCCN(C)c1cc(C(F)(F)F)cc(NN)n1. The number of pyridine rings is 1. The van der Waals surface area contributed by atoms with E-state index in [1.54, 1.807) is 19.1 Å². The van der Waals surface area contributed by atoms with Crippen molar-refractivity contribution in [3.05, 3.63) is 17.7 Å². The fourth-order valence-corrected chi connectivity index (χ4v) is 1.51. The predicted molar refractivity (Wildman–Crippen MR) is 66.8 cm³/mol. The standard InChI is InChI=1S/C11H17F3N4O/c1-18(4-3-5-19-2)10-7-8(11(12,13)14)6-9(16-10)17-15/h6-7H,3-5,15H2,1-2H3,(H,16,17). The Morgan fingerprint density at radius 3 is 2.63 bits per heavy atom. The summed E-state index contributed by atoms with van der Waals surface area (Å²) in [6, 6.07) is 1.86. The molecular weight excluding hydrogens is 261 g/mol. The monoisotopic (exact) mass is 278 g/mol. The molecule has 1 aromatic rings. The quantitative estimate of drug-likeness (QED) is 0.472. The van der Waals surface area contributed by atoms with Crippen LogP contribution in [0.1, 0.15) is 12.0 Å². The van der Waals surface area contributed by atoms with E-state index in [1.165, 1.54) is 0 Å². The number of alkyl halides is 3. The lowest BCUT2D eigenvalue weighted by Gasteiger charge is -2.20. The fraction of sp³-hybridized carbons (Fsp3) is 0.545. The Morgan fingerprint density at radius 1 is 1.42 bits per heavy atom. The van der Waals surface area contributed by atoms with Crippen LogP contribution < -0.4 is 16.2 Å². The molecule has 0 aliphatic rings. The maximum absolute atomic E-state index is 12.7. The van der Waals surface area contributed by atoms with Gasteiger partial charge in [-0.3, -0.25) is 0 Å². The first-order chi connectivity index (χ1) is 8.88. The fourth-order valence-electron chi connectivity index (χ4n) is 1.51. The van der Waals surface area contributed by atoms with Crippen LogP contribution in [0.15, 0.2) is 12.1 Å². The number of nitrogens with two attached hydrogens (primary N) is 1. The van der Waals surface area contributed by atoms with E-state index in [4.69, 9.17) is 10.6 Å². The molecule has 0 spiro atoms. The highest BCUT2D eigenvalue weighted by atomic mass is 19.4. The average Bonchev–Trinajstić information content (AvgIpc) is 2.37. The van der Waals surface area contributed by atoms with Crippen LogP contribution in [0.5, 0.6) is 0 Å². The van der Waals surface area contributed by atoms with Gasteiger partial charge in [-0.05, 0) is 18.6 Å². The highest BCUT2D eigenvalue weighted by Gasteiger charge is 2.32. The van der Waals surface area contributed by atoms with E-state index in [-0.39, 0.29) is 11.6 Å². The summed E-state index contributed by atoms with van der Waals surface area (Å²) in [6.45, 7) is 1.07. The second-order valence-corrected chi connectivity index (χ2v) is 4.01. The Balaban J connectivity index is 2.93. The van der Waals surface area contributed by atoms with Crippen LogP contribution in [0.25, 0.3) is 0 Å². The molecule has 0 atom stereocenters. The van der Waals surface area contributed by atoms with Gasteiger partial charge in [0, 0.05) is 27.3 Å². The van der Waals surface area contributed by atoms with Crippen LogP contribution in [0.2, 0.25) is 0 Å². The number of hydrogen-bond donors (Lipinski definition) is 2. The summed E-state index contributed by atoms with van der Waals surface area (Å²) in [5.41, 5.74) is 1.35. The van der Waals surface area contributed by atoms with Gasteiger partial charge in [-0.15, -0.1) is 0 Å². The van der Waals surface area contributed by atoms with Crippen molar-refractivity contribution in [1.29, 1.82) is 0 Å². The number of anilines is 2. The third kappa shape index (κ3) is 4.56. The Morgan fingerprint density at radius 2 is 2.11 bits per heavy atom. The van der Waals surface area contributed by atoms with Crippen LogP contribution in [0.4, 0.5) is 24.8 Å². The number of nitrogens with zero attached hydrogens (tertiary/aromatic N) is 2. The number of ether oxygens (including phenoxy) is 1. The molecule has 0 unspecified atom stereocenters. The van der Waals surface area contributed by atoms with Gasteiger partial charge in [0.2, 0.25) is 0 Å². The molecule has 0 amide bonds. The highest BCUT2D eigenvalue weighted by Crippen LogP contribution is 2.32. The molecule has 19 heavy (non-hydrogen) atoms. The van der Waals surface area contributed by atoms with Gasteiger partial charge in [0.25, 0.3) is 0 Å². The van der Waals surface area contributed by atoms with Crippen LogP contribution in [0.3, 0.4) is 0 Å². The molecule has 0 aliphatic heterocycles. The lowest BCUT2D eigenvalue weighted by atomic mass is 10.2. The maximum Gasteiger partial charge on any atom is 0.416 e. The van der Waals surface area contributed by atoms with E-state index < -0.39 is 11.7 Å². The van der Waals surface area contributed by atoms with Crippen molar-refractivity contribution in [2.75, 3.05) is 37.6 Å². The molecule has 0 radical (unpaired) electrons. The number of rotatable bonds is 6. The number of hydrazine groups is 1. The zero-order valence-electron chi connectivity index (χ0n) is 10.8. The summed E-state index contributed by atoms with van der Waals surface area (Å²) < 4.78 is 43.0. The lowest BCUT2D eigenvalue weighted by Crippen LogP contribution is -2.22. The van der Waals surface area contributed by atoms with Gasteiger partial charge in [0.05, 0.1) is 5.56 Å². The number of aromatic nitrogens is 1. The molecule has 1 rings (SSSR count). The van der Waals surface area contributed by atoms with Crippen LogP contribution in [-0.2, 0) is 10.9 Å². The third-order valence-corrected chi connectivity index (χ3v) is 2.52. The van der Waals surface area contributed by atoms with Gasteiger partial charge >= 0.3 is 6.18 Å². The smallest absolute Gasteiger partial charge is 0.385 e. The number of nitrogen functional groups attached to an aromatic ring is 1. The number of hydrogen-bond acceptors (Lipinski definition) is 5. The molecule has 5 nitrogen and oxygen atoms in total. The zero-order valence-corrected chi connectivity index (χ0v) is 10.8. The van der Waals surface area contributed by atoms with Gasteiger partial charge in [0.15, 0.2) is 0 Å². The molecule has 3 N–H and O–H groups in total. The van der Waals surface area contributed by atoms with Crippen molar-refractivity contribution in [1.82, 2.24) is 4.98 Å². The number of nitrogens with one attached hydrogen (secondary N) is 1. The first kappa shape index (κ1) is 15.5. The molecule has 1 heterocycles. The number of halogens is 3. The van der Waals surface area contributed by atoms with Crippen molar-refractivity contribution in [3.63, 3.8) is 0 Å². The largest absolute Gasteiger partial charge is 0.416 e. The second kappa shape index (κ2) is 6.58. The summed E-state index contributed by atoms with van der Waals surface area (Å²) in [5, 5.41) is 0. The van der Waals surface area contributed by atoms with E-state index in [2.05, 4.69) is 10.4 Å². The summed E-state index contributed by atoms with van der Waals surface area (Å²) >= 11 is 0. The molecule has 0 fully saturated rings. The zero-order chi connectivity index (χ0) is 14.5. The third-order valence-electron chi connectivity index (χ3n) is 2.52. The van der Waals surface area contributed by atoms with E-state index >= 15 is 0 Å². The number of methoxy groups -OCH3 is 1. The Kier molecular flexibility index (Phi) is 5.37. The van der Waals surface area contributed by atoms with Gasteiger partial charge in [-0.2, -0.15) is 13.2 Å². The first-order valence-corrected chi connectivity index (χ1v) is 5.64. The van der Waals surface area contributed by atoms with Crippen molar-refractivity contribution in [2.45, 2.75) is 12.6 Å². The van der Waals surface area contributed by atoms with E-state index in [1.807, 2.05) is 0 Å². The van der Waals surface area contributed by atoms with Gasteiger partial charge in [0.1, 0.15) is 11.6 Å². The normalized spacial score (nSPS) is 11.5. The molecule has 0 bridgehead atoms. The van der Waals surface area contributed by atoms with Gasteiger partial charge in [-0.1, -0.05) is 0 Å². The summed E-state index contributed by atoms with van der Waals surface area (Å²) in [7, 11) is 3.23. The second-order valence-electron chi connectivity index (χ2n) is 4.01. The van der Waals surface area contributed by atoms with Crippen LogP contribution in [0, 0.1) is 0 Å².